The number of carboxylic acids is 1. The van der Waals surface area contributed by atoms with Crippen LogP contribution in [0.3, 0.4) is 0 Å². The summed E-state index contributed by atoms with van der Waals surface area (Å²) in [6.45, 7) is 4.25. The zero-order chi connectivity index (χ0) is 14.2. The molecule has 2 heterocycles. The van der Waals surface area contributed by atoms with Gasteiger partial charge >= 0.3 is 5.97 Å². The third kappa shape index (κ3) is 2.82. The van der Waals surface area contributed by atoms with Crippen LogP contribution in [0.15, 0.2) is 11.0 Å². The van der Waals surface area contributed by atoms with Crippen molar-refractivity contribution in [3.8, 4) is 0 Å². The minimum Gasteiger partial charge on any atom is -0.481 e. The number of hydrogen-bond donors (Lipinski definition) is 1. The number of carboxylic acid groups (broad SMARTS) is 1. The second kappa shape index (κ2) is 5.22. The number of hydrogen-bond acceptors (Lipinski definition) is 4. The lowest BCUT2D eigenvalue weighted by molar-refractivity contribution is -0.142. The van der Waals surface area contributed by atoms with E-state index >= 15 is 0 Å². The Kier molecular flexibility index (Phi) is 3.98. The van der Waals surface area contributed by atoms with Crippen LogP contribution >= 0.6 is 11.3 Å². The van der Waals surface area contributed by atoms with Crippen LogP contribution in [0.4, 0.5) is 0 Å². The topological polar surface area (TPSA) is 74.7 Å². The van der Waals surface area contributed by atoms with Gasteiger partial charge in [-0.2, -0.15) is 4.31 Å². The maximum Gasteiger partial charge on any atom is 0.306 e. The Hall–Kier alpha value is -0.920. The minimum absolute atomic E-state index is 0.285. The molecule has 0 bridgehead atoms. The normalized spacial score (nSPS) is 18.6. The maximum atomic E-state index is 12.5. The summed E-state index contributed by atoms with van der Waals surface area (Å²) in [5.74, 6) is -1.25. The van der Waals surface area contributed by atoms with E-state index in [9.17, 15) is 13.2 Å². The van der Waals surface area contributed by atoms with Crippen LogP contribution in [-0.4, -0.2) is 36.9 Å². The molecule has 1 fully saturated rings. The Morgan fingerprint density at radius 2 is 1.95 bits per heavy atom. The van der Waals surface area contributed by atoms with E-state index in [2.05, 4.69) is 0 Å². The van der Waals surface area contributed by atoms with Crippen molar-refractivity contribution in [2.24, 2.45) is 5.92 Å². The van der Waals surface area contributed by atoms with E-state index in [-0.39, 0.29) is 13.1 Å². The standard InChI is InChI=1S/C12H17NO4S2/c1-8-7-11(9(2)18-8)19(16,17)13-5-3-10(4-6-13)12(14)15/h7,10H,3-6H2,1-2H3,(H,14,15). The fraction of sp³-hybridized carbons (Fsp3) is 0.583. The van der Waals surface area contributed by atoms with Gasteiger partial charge in [-0.25, -0.2) is 8.42 Å². The Bertz CT molecular complexity index is 583. The Morgan fingerprint density at radius 3 is 2.37 bits per heavy atom. The first-order valence-corrected chi connectivity index (χ1v) is 8.38. The summed E-state index contributed by atoms with van der Waals surface area (Å²) in [5.41, 5.74) is 0. The molecule has 1 aromatic heterocycles. The van der Waals surface area contributed by atoms with E-state index in [4.69, 9.17) is 5.11 Å². The summed E-state index contributed by atoms with van der Waals surface area (Å²) in [5, 5.41) is 8.93. The second-order valence-electron chi connectivity index (χ2n) is 4.79. The van der Waals surface area contributed by atoms with Crippen molar-refractivity contribution >= 4 is 27.3 Å². The molecule has 2 rings (SSSR count). The molecule has 0 aromatic carbocycles. The van der Waals surface area contributed by atoms with Gasteiger partial charge in [0.05, 0.1) is 10.8 Å². The van der Waals surface area contributed by atoms with Gasteiger partial charge in [0.15, 0.2) is 0 Å². The smallest absolute Gasteiger partial charge is 0.306 e. The van der Waals surface area contributed by atoms with Crippen molar-refractivity contribution in [3.63, 3.8) is 0 Å². The summed E-state index contributed by atoms with van der Waals surface area (Å²) in [4.78, 5) is 13.0. The molecule has 0 unspecified atom stereocenters. The summed E-state index contributed by atoms with van der Waals surface area (Å²) >= 11 is 1.47. The molecule has 1 aliphatic heterocycles. The molecule has 1 aliphatic rings. The Balaban J connectivity index is 2.19. The number of nitrogens with zero attached hydrogens (tertiary/aromatic N) is 1. The van der Waals surface area contributed by atoms with Crippen molar-refractivity contribution in [1.82, 2.24) is 4.31 Å². The van der Waals surface area contributed by atoms with E-state index in [0.29, 0.717) is 17.7 Å². The van der Waals surface area contributed by atoms with Crippen LogP contribution in [0.5, 0.6) is 0 Å². The molecular weight excluding hydrogens is 286 g/mol. The molecule has 0 spiro atoms. The van der Waals surface area contributed by atoms with Gasteiger partial charge in [0, 0.05) is 22.8 Å². The van der Waals surface area contributed by atoms with Crippen molar-refractivity contribution < 1.29 is 18.3 Å². The third-order valence-electron chi connectivity index (χ3n) is 3.42. The highest BCUT2D eigenvalue weighted by Gasteiger charge is 2.33. The second-order valence-corrected chi connectivity index (χ2v) is 8.16. The zero-order valence-electron chi connectivity index (χ0n) is 10.9. The molecule has 0 atom stereocenters. The van der Waals surface area contributed by atoms with Gasteiger partial charge < -0.3 is 5.11 Å². The summed E-state index contributed by atoms with van der Waals surface area (Å²) in [6, 6.07) is 1.69. The van der Waals surface area contributed by atoms with Crippen molar-refractivity contribution in [3.05, 3.63) is 15.8 Å². The molecular formula is C12H17NO4S2. The monoisotopic (exact) mass is 303 g/mol. The molecule has 0 radical (unpaired) electrons. The molecule has 0 saturated carbocycles. The number of aryl methyl sites for hydroxylation is 2. The van der Waals surface area contributed by atoms with Crippen LogP contribution in [0.2, 0.25) is 0 Å². The quantitative estimate of drug-likeness (QED) is 0.924. The first kappa shape index (κ1) is 14.5. The van der Waals surface area contributed by atoms with Crippen LogP contribution in [0, 0.1) is 19.8 Å². The lowest BCUT2D eigenvalue weighted by Gasteiger charge is -2.29. The predicted molar refractivity (Wildman–Crippen MR) is 72.9 cm³/mol. The van der Waals surface area contributed by atoms with E-state index in [0.717, 1.165) is 9.75 Å². The molecule has 0 aliphatic carbocycles. The number of aliphatic carboxylic acids is 1. The molecule has 5 nitrogen and oxygen atoms in total. The molecule has 1 saturated heterocycles. The van der Waals surface area contributed by atoms with Crippen molar-refractivity contribution in [2.45, 2.75) is 31.6 Å². The van der Waals surface area contributed by atoms with E-state index in [1.807, 2.05) is 6.92 Å². The number of sulfonamides is 1. The third-order valence-corrected chi connectivity index (χ3v) is 6.54. The van der Waals surface area contributed by atoms with Gasteiger partial charge in [-0.05, 0) is 32.8 Å². The maximum absolute atomic E-state index is 12.5. The highest BCUT2D eigenvalue weighted by atomic mass is 32.2. The lowest BCUT2D eigenvalue weighted by atomic mass is 9.99. The van der Waals surface area contributed by atoms with E-state index < -0.39 is 21.9 Å². The first-order valence-electron chi connectivity index (χ1n) is 6.12. The van der Waals surface area contributed by atoms with Gasteiger partial charge in [0.1, 0.15) is 0 Å². The molecule has 1 N–H and O–H groups in total. The lowest BCUT2D eigenvalue weighted by Crippen LogP contribution is -2.40. The molecule has 1 aromatic rings. The van der Waals surface area contributed by atoms with Crippen LogP contribution in [0.25, 0.3) is 0 Å². The van der Waals surface area contributed by atoms with Gasteiger partial charge in [-0.1, -0.05) is 0 Å². The van der Waals surface area contributed by atoms with Crippen LogP contribution < -0.4 is 0 Å². The average Bonchev–Trinajstić information content (AvgIpc) is 2.69. The molecule has 106 valence electrons. The molecule has 7 heteroatoms. The molecule has 19 heavy (non-hydrogen) atoms. The summed E-state index contributed by atoms with van der Waals surface area (Å²) in [7, 11) is -3.47. The number of piperidine rings is 1. The Labute approximate surface area is 116 Å². The van der Waals surface area contributed by atoms with Crippen molar-refractivity contribution in [2.75, 3.05) is 13.1 Å². The number of thiophene rings is 1. The fourth-order valence-corrected chi connectivity index (χ4v) is 5.34. The molecule has 0 amide bonds. The average molecular weight is 303 g/mol. The highest BCUT2D eigenvalue weighted by molar-refractivity contribution is 7.89. The summed E-state index contributed by atoms with van der Waals surface area (Å²) < 4.78 is 26.4. The van der Waals surface area contributed by atoms with Crippen molar-refractivity contribution in [1.29, 1.82) is 0 Å². The van der Waals surface area contributed by atoms with Gasteiger partial charge in [0.2, 0.25) is 10.0 Å². The van der Waals surface area contributed by atoms with E-state index in [1.165, 1.54) is 15.6 Å². The largest absolute Gasteiger partial charge is 0.481 e. The highest BCUT2D eigenvalue weighted by Crippen LogP contribution is 2.30. The van der Waals surface area contributed by atoms with Crippen LogP contribution in [-0.2, 0) is 14.8 Å². The number of rotatable bonds is 3. The zero-order valence-corrected chi connectivity index (χ0v) is 12.6. The van der Waals surface area contributed by atoms with Gasteiger partial charge in [-0.15, -0.1) is 11.3 Å². The first-order chi connectivity index (χ1) is 8.82. The predicted octanol–water partition coefficient (Wildman–Crippen LogP) is 1.85. The Morgan fingerprint density at radius 1 is 1.37 bits per heavy atom. The fourth-order valence-electron chi connectivity index (χ4n) is 2.35. The van der Waals surface area contributed by atoms with E-state index in [1.54, 1.807) is 13.0 Å². The summed E-state index contributed by atoms with van der Waals surface area (Å²) in [6.07, 6.45) is 0.771. The van der Waals surface area contributed by atoms with Gasteiger partial charge in [0.25, 0.3) is 0 Å². The number of carbonyl (C=O) groups is 1. The minimum atomic E-state index is -3.47. The van der Waals surface area contributed by atoms with Gasteiger partial charge in [-0.3, -0.25) is 4.79 Å². The SMILES string of the molecule is Cc1cc(S(=O)(=O)N2CCC(C(=O)O)CC2)c(C)s1. The van der Waals surface area contributed by atoms with Crippen LogP contribution in [0.1, 0.15) is 22.6 Å².